The average Bonchev–Trinajstić information content (AvgIpc) is 3.40. The highest BCUT2D eigenvalue weighted by atomic mass is 16.5. The Kier molecular flexibility index (Phi) is 6.68. The number of carboxylic acid groups (broad SMARTS) is 1. The molecule has 9 nitrogen and oxygen atoms in total. The molecule has 0 spiro atoms. The number of hydrogen-bond acceptors (Lipinski definition) is 5. The zero-order valence-corrected chi connectivity index (χ0v) is 17.9. The second-order valence-electron chi connectivity index (χ2n) is 7.65. The van der Waals surface area contributed by atoms with E-state index in [1.165, 1.54) is 23.7 Å². The fourth-order valence-corrected chi connectivity index (χ4v) is 3.91. The molecule has 0 aliphatic heterocycles. The van der Waals surface area contributed by atoms with Gasteiger partial charge in [0.25, 0.3) is 5.91 Å². The van der Waals surface area contributed by atoms with Gasteiger partial charge in [-0.3, -0.25) is 9.59 Å². The summed E-state index contributed by atoms with van der Waals surface area (Å²) in [7, 11) is 0. The van der Waals surface area contributed by atoms with Gasteiger partial charge < -0.3 is 25.0 Å². The van der Waals surface area contributed by atoms with Crippen molar-refractivity contribution in [2.45, 2.75) is 18.9 Å². The van der Waals surface area contributed by atoms with Crippen LogP contribution in [0.3, 0.4) is 0 Å². The molecule has 2 aromatic carbocycles. The summed E-state index contributed by atoms with van der Waals surface area (Å²) in [4.78, 5) is 38.7. The van der Waals surface area contributed by atoms with E-state index in [-0.39, 0.29) is 31.2 Å². The number of rotatable bonds is 9. The van der Waals surface area contributed by atoms with Crippen molar-refractivity contribution < 1.29 is 24.2 Å². The Morgan fingerprint density at radius 3 is 2.30 bits per heavy atom. The summed E-state index contributed by atoms with van der Waals surface area (Å²) >= 11 is 0. The topological polar surface area (TPSA) is 123 Å². The molecule has 0 atom stereocenters. The van der Waals surface area contributed by atoms with Crippen molar-refractivity contribution in [2.75, 3.05) is 19.7 Å². The van der Waals surface area contributed by atoms with Crippen LogP contribution in [0.2, 0.25) is 0 Å². The summed E-state index contributed by atoms with van der Waals surface area (Å²) in [5.74, 6) is -1.43. The first kappa shape index (κ1) is 22.1. The minimum atomic E-state index is -0.986. The number of carboxylic acids is 1. The summed E-state index contributed by atoms with van der Waals surface area (Å²) in [6, 6.07) is 16.3. The van der Waals surface area contributed by atoms with Crippen LogP contribution in [0.5, 0.6) is 0 Å². The number of nitrogens with one attached hydrogen (secondary N) is 2. The predicted molar refractivity (Wildman–Crippen MR) is 120 cm³/mol. The Labute approximate surface area is 190 Å². The third-order valence-corrected chi connectivity index (χ3v) is 5.47. The van der Waals surface area contributed by atoms with Crippen molar-refractivity contribution in [3.63, 3.8) is 0 Å². The normalized spacial score (nSPS) is 12.0. The van der Waals surface area contributed by atoms with Gasteiger partial charge in [0.05, 0.1) is 12.7 Å². The van der Waals surface area contributed by atoms with Crippen LogP contribution in [0.1, 0.15) is 34.0 Å². The van der Waals surface area contributed by atoms with Gasteiger partial charge >= 0.3 is 12.1 Å². The van der Waals surface area contributed by atoms with Crippen LogP contribution < -0.4 is 10.6 Å². The fourth-order valence-electron chi connectivity index (χ4n) is 3.91. The largest absolute Gasteiger partial charge is 0.481 e. The van der Waals surface area contributed by atoms with Crippen LogP contribution in [0, 0.1) is 0 Å². The number of carbonyl (C=O) groups is 3. The maximum atomic E-state index is 12.2. The highest BCUT2D eigenvalue weighted by Crippen LogP contribution is 2.44. The number of carbonyl (C=O) groups excluding carboxylic acids is 2. The molecule has 0 fully saturated rings. The molecule has 0 radical (unpaired) electrons. The predicted octanol–water partition coefficient (Wildman–Crippen LogP) is 2.63. The molecule has 33 heavy (non-hydrogen) atoms. The lowest BCUT2D eigenvalue weighted by Gasteiger charge is -2.14. The van der Waals surface area contributed by atoms with E-state index in [0.29, 0.717) is 13.1 Å². The van der Waals surface area contributed by atoms with Crippen LogP contribution in [0.4, 0.5) is 4.79 Å². The lowest BCUT2D eigenvalue weighted by atomic mass is 9.98. The molecule has 1 aromatic heterocycles. The third kappa shape index (κ3) is 5.20. The van der Waals surface area contributed by atoms with Crippen molar-refractivity contribution in [2.24, 2.45) is 0 Å². The van der Waals surface area contributed by atoms with Crippen LogP contribution >= 0.6 is 0 Å². The number of hydrogen-bond donors (Lipinski definition) is 3. The molecule has 9 heteroatoms. The lowest BCUT2D eigenvalue weighted by Crippen LogP contribution is -2.29. The number of nitrogens with zero attached hydrogens (tertiary/aromatic N) is 2. The zero-order valence-electron chi connectivity index (χ0n) is 17.9. The van der Waals surface area contributed by atoms with Crippen LogP contribution in [-0.2, 0) is 16.1 Å². The summed E-state index contributed by atoms with van der Waals surface area (Å²) in [6.07, 6.45) is 2.35. The third-order valence-electron chi connectivity index (χ3n) is 5.47. The minimum Gasteiger partial charge on any atom is -0.481 e. The summed E-state index contributed by atoms with van der Waals surface area (Å²) in [5, 5.41) is 13.8. The molecule has 0 saturated heterocycles. The number of amides is 2. The first-order chi connectivity index (χ1) is 16.0. The van der Waals surface area contributed by atoms with E-state index in [1.807, 2.05) is 24.3 Å². The molecule has 3 aromatic rings. The Bertz CT molecular complexity index is 1130. The second-order valence-corrected chi connectivity index (χ2v) is 7.65. The van der Waals surface area contributed by atoms with E-state index in [2.05, 4.69) is 39.9 Å². The quantitative estimate of drug-likeness (QED) is 0.463. The molecule has 170 valence electrons. The van der Waals surface area contributed by atoms with Crippen molar-refractivity contribution in [1.82, 2.24) is 20.2 Å². The first-order valence-corrected chi connectivity index (χ1v) is 10.6. The summed E-state index contributed by atoms with van der Waals surface area (Å²) in [6.45, 7) is 0.975. The van der Waals surface area contributed by atoms with Gasteiger partial charge in [-0.25, -0.2) is 9.78 Å². The summed E-state index contributed by atoms with van der Waals surface area (Å²) < 4.78 is 7.16. The van der Waals surface area contributed by atoms with Crippen molar-refractivity contribution >= 4 is 18.0 Å². The van der Waals surface area contributed by atoms with Crippen molar-refractivity contribution in [3.8, 4) is 11.1 Å². The monoisotopic (exact) mass is 448 g/mol. The number of ether oxygens (including phenoxy) is 1. The highest BCUT2D eigenvalue weighted by Gasteiger charge is 2.28. The average molecular weight is 448 g/mol. The molecule has 0 unspecified atom stereocenters. The fraction of sp³-hybridized carbons (Fsp3) is 0.250. The Hall–Kier alpha value is -4.14. The van der Waals surface area contributed by atoms with Crippen molar-refractivity contribution in [3.05, 3.63) is 77.9 Å². The summed E-state index contributed by atoms with van der Waals surface area (Å²) in [5.41, 5.74) is 4.83. The first-order valence-electron chi connectivity index (χ1n) is 10.6. The van der Waals surface area contributed by atoms with E-state index < -0.39 is 18.0 Å². The standard InChI is InChI=1S/C24H24N4O5/c29-22(30)9-10-25-23(31)21-13-28(15-27-21)12-11-26-24(32)33-14-20-18-7-3-1-5-16(18)17-6-2-4-8-19(17)20/h1-8,13,15,20H,9-12,14H2,(H,25,31)(H,26,32)(H,29,30). The molecule has 2 amide bonds. The van der Waals surface area contributed by atoms with Gasteiger partial charge in [-0.2, -0.15) is 0 Å². The Morgan fingerprint density at radius 1 is 0.970 bits per heavy atom. The van der Waals surface area contributed by atoms with Crippen LogP contribution in [-0.4, -0.2) is 52.3 Å². The number of fused-ring (bicyclic) bond motifs is 3. The second kappa shape index (κ2) is 9.99. The molecular formula is C24H24N4O5. The maximum Gasteiger partial charge on any atom is 0.407 e. The lowest BCUT2D eigenvalue weighted by molar-refractivity contribution is -0.136. The van der Waals surface area contributed by atoms with Crippen LogP contribution in [0.15, 0.2) is 61.1 Å². The molecule has 0 saturated carbocycles. The van der Waals surface area contributed by atoms with E-state index in [9.17, 15) is 14.4 Å². The SMILES string of the molecule is O=C(O)CCNC(=O)c1cn(CCNC(=O)OCC2c3ccccc3-c3ccccc32)cn1. The highest BCUT2D eigenvalue weighted by molar-refractivity contribution is 5.92. The molecule has 3 N–H and O–H groups in total. The van der Waals surface area contributed by atoms with Gasteiger partial charge in [0.1, 0.15) is 12.3 Å². The smallest absolute Gasteiger partial charge is 0.407 e. The van der Waals surface area contributed by atoms with E-state index >= 15 is 0 Å². The van der Waals surface area contributed by atoms with Crippen LogP contribution in [0.25, 0.3) is 11.1 Å². The number of benzene rings is 2. The van der Waals surface area contributed by atoms with Gasteiger partial charge in [-0.15, -0.1) is 0 Å². The van der Waals surface area contributed by atoms with Gasteiger partial charge in [0.2, 0.25) is 0 Å². The number of alkyl carbamates (subject to hydrolysis) is 1. The van der Waals surface area contributed by atoms with E-state index in [1.54, 1.807) is 4.57 Å². The number of aromatic nitrogens is 2. The molecular weight excluding hydrogens is 424 g/mol. The zero-order chi connectivity index (χ0) is 23.2. The molecule has 1 aliphatic carbocycles. The molecule has 4 rings (SSSR count). The van der Waals surface area contributed by atoms with E-state index in [4.69, 9.17) is 9.84 Å². The Balaban J connectivity index is 1.24. The molecule has 1 aliphatic rings. The van der Waals surface area contributed by atoms with Gasteiger partial charge in [-0.05, 0) is 22.3 Å². The van der Waals surface area contributed by atoms with E-state index in [0.717, 1.165) is 11.1 Å². The number of aliphatic carboxylic acids is 1. The van der Waals surface area contributed by atoms with Gasteiger partial charge in [-0.1, -0.05) is 48.5 Å². The van der Waals surface area contributed by atoms with Gasteiger partial charge in [0.15, 0.2) is 0 Å². The maximum absolute atomic E-state index is 12.2. The van der Waals surface area contributed by atoms with Crippen molar-refractivity contribution in [1.29, 1.82) is 0 Å². The number of imidazole rings is 1. The Morgan fingerprint density at radius 2 is 1.64 bits per heavy atom. The van der Waals surface area contributed by atoms with Gasteiger partial charge in [0, 0.05) is 31.7 Å². The molecule has 1 heterocycles. The minimum absolute atomic E-state index is 0.000929. The molecule has 0 bridgehead atoms.